The van der Waals surface area contributed by atoms with Crippen LogP contribution in [0.4, 0.5) is 0 Å². The van der Waals surface area contributed by atoms with Gasteiger partial charge in [0.15, 0.2) is 12.4 Å². The minimum Gasteiger partial charge on any atom is -0.481 e. The first kappa shape index (κ1) is 18.0. The molecule has 0 bridgehead atoms. The Morgan fingerprint density at radius 3 is 2.45 bits per heavy atom. The van der Waals surface area contributed by atoms with E-state index in [2.05, 4.69) is 5.10 Å². The van der Waals surface area contributed by atoms with E-state index >= 15 is 0 Å². The molecule has 0 fully saturated rings. The van der Waals surface area contributed by atoms with Gasteiger partial charge in [0.2, 0.25) is 0 Å². The predicted octanol–water partition coefficient (Wildman–Crippen LogP) is 1.38. The SMILES string of the molecule is Cc1nn(C)c(C)c1OCC(=O)N(CCC(=O)O)CC(C)C. The highest BCUT2D eigenvalue weighted by atomic mass is 16.5. The molecule has 0 radical (unpaired) electrons. The number of rotatable bonds is 8. The zero-order valence-corrected chi connectivity index (χ0v) is 13.9. The molecule has 0 atom stereocenters. The third-order valence-corrected chi connectivity index (χ3v) is 3.32. The van der Waals surface area contributed by atoms with E-state index in [-0.39, 0.29) is 31.4 Å². The molecule has 0 unspecified atom stereocenters. The van der Waals surface area contributed by atoms with E-state index in [1.165, 1.54) is 0 Å². The Bertz CT molecular complexity index is 537. The van der Waals surface area contributed by atoms with Crippen molar-refractivity contribution in [3.05, 3.63) is 11.4 Å². The number of carboxylic acids is 1. The molecule has 1 N–H and O–H groups in total. The summed E-state index contributed by atoms with van der Waals surface area (Å²) in [5, 5.41) is 13.0. The van der Waals surface area contributed by atoms with Crippen molar-refractivity contribution in [1.29, 1.82) is 0 Å². The lowest BCUT2D eigenvalue weighted by atomic mass is 10.2. The molecule has 1 heterocycles. The van der Waals surface area contributed by atoms with Crippen molar-refractivity contribution < 1.29 is 19.4 Å². The van der Waals surface area contributed by atoms with E-state index in [9.17, 15) is 9.59 Å². The summed E-state index contributed by atoms with van der Waals surface area (Å²) in [6.45, 7) is 8.26. The summed E-state index contributed by atoms with van der Waals surface area (Å²) in [6.07, 6.45) is -0.0661. The van der Waals surface area contributed by atoms with Crippen LogP contribution in [0.5, 0.6) is 5.75 Å². The Kier molecular flexibility index (Phi) is 6.39. The summed E-state index contributed by atoms with van der Waals surface area (Å²) in [5.74, 6) is -0.253. The van der Waals surface area contributed by atoms with Gasteiger partial charge in [0.05, 0.1) is 12.1 Å². The fraction of sp³-hybridized carbons (Fsp3) is 0.667. The van der Waals surface area contributed by atoms with Gasteiger partial charge in [0.1, 0.15) is 5.69 Å². The maximum Gasteiger partial charge on any atom is 0.305 e. The zero-order chi connectivity index (χ0) is 16.9. The summed E-state index contributed by atoms with van der Waals surface area (Å²) >= 11 is 0. The van der Waals surface area contributed by atoms with Gasteiger partial charge in [0, 0.05) is 20.1 Å². The van der Waals surface area contributed by atoms with E-state index < -0.39 is 5.97 Å². The standard InChI is InChI=1S/C15H25N3O4/c1-10(2)8-18(7-6-14(20)21)13(19)9-22-15-11(3)16-17(5)12(15)4/h10H,6-9H2,1-5H3,(H,20,21). The van der Waals surface area contributed by atoms with E-state index in [1.807, 2.05) is 34.7 Å². The number of carboxylic acid groups (broad SMARTS) is 1. The van der Waals surface area contributed by atoms with Crippen LogP contribution < -0.4 is 4.74 Å². The van der Waals surface area contributed by atoms with Crippen LogP contribution in [0.25, 0.3) is 0 Å². The van der Waals surface area contributed by atoms with Gasteiger partial charge < -0.3 is 14.7 Å². The molecule has 0 saturated heterocycles. The van der Waals surface area contributed by atoms with Crippen LogP contribution in [0.2, 0.25) is 0 Å². The zero-order valence-electron chi connectivity index (χ0n) is 13.9. The van der Waals surface area contributed by atoms with Crippen molar-refractivity contribution >= 4 is 11.9 Å². The van der Waals surface area contributed by atoms with E-state index in [0.29, 0.717) is 12.3 Å². The molecular formula is C15H25N3O4. The lowest BCUT2D eigenvalue weighted by Gasteiger charge is -2.24. The third-order valence-electron chi connectivity index (χ3n) is 3.32. The number of ether oxygens (including phenoxy) is 1. The second-order valence-electron chi connectivity index (χ2n) is 5.79. The van der Waals surface area contributed by atoms with Crippen molar-refractivity contribution in [3.63, 3.8) is 0 Å². The van der Waals surface area contributed by atoms with Crippen LogP contribution in [0.1, 0.15) is 31.7 Å². The second kappa shape index (κ2) is 7.82. The summed E-state index contributed by atoms with van der Waals surface area (Å²) in [4.78, 5) is 24.5. The van der Waals surface area contributed by atoms with Gasteiger partial charge in [-0.25, -0.2) is 0 Å². The Balaban J connectivity index is 2.67. The molecule has 22 heavy (non-hydrogen) atoms. The van der Waals surface area contributed by atoms with Crippen molar-refractivity contribution in [2.45, 2.75) is 34.1 Å². The largest absolute Gasteiger partial charge is 0.481 e. The maximum atomic E-state index is 12.3. The number of carbonyl (C=O) groups excluding carboxylic acids is 1. The Hall–Kier alpha value is -2.05. The average Bonchev–Trinajstić information content (AvgIpc) is 2.65. The normalized spacial score (nSPS) is 10.8. The number of hydrogen-bond acceptors (Lipinski definition) is 4. The quantitative estimate of drug-likeness (QED) is 0.784. The molecule has 1 aromatic rings. The number of aliphatic carboxylic acids is 1. The fourth-order valence-electron chi connectivity index (χ4n) is 2.18. The van der Waals surface area contributed by atoms with E-state index in [1.54, 1.807) is 9.58 Å². The molecule has 0 aromatic carbocycles. The molecule has 0 aliphatic carbocycles. The van der Waals surface area contributed by atoms with Gasteiger partial charge in [-0.05, 0) is 19.8 Å². The number of hydrogen-bond donors (Lipinski definition) is 1. The van der Waals surface area contributed by atoms with Crippen LogP contribution in [0.3, 0.4) is 0 Å². The third kappa shape index (κ3) is 5.05. The second-order valence-corrected chi connectivity index (χ2v) is 5.79. The van der Waals surface area contributed by atoms with E-state index in [4.69, 9.17) is 9.84 Å². The molecule has 1 rings (SSSR count). The predicted molar refractivity (Wildman–Crippen MR) is 81.8 cm³/mol. The van der Waals surface area contributed by atoms with Crippen molar-refractivity contribution in [2.75, 3.05) is 19.7 Å². The van der Waals surface area contributed by atoms with Crippen LogP contribution in [0.15, 0.2) is 0 Å². The van der Waals surface area contributed by atoms with Gasteiger partial charge in [-0.2, -0.15) is 5.10 Å². The molecule has 7 nitrogen and oxygen atoms in total. The molecule has 7 heteroatoms. The first-order valence-electron chi connectivity index (χ1n) is 7.35. The number of carbonyl (C=O) groups is 2. The van der Waals surface area contributed by atoms with E-state index in [0.717, 1.165) is 11.4 Å². The molecule has 1 aromatic heterocycles. The minimum atomic E-state index is -0.915. The maximum absolute atomic E-state index is 12.3. The summed E-state index contributed by atoms with van der Waals surface area (Å²) in [7, 11) is 1.81. The lowest BCUT2D eigenvalue weighted by Crippen LogP contribution is -2.39. The Labute approximate surface area is 130 Å². The molecule has 124 valence electrons. The average molecular weight is 311 g/mol. The first-order valence-corrected chi connectivity index (χ1v) is 7.35. The highest BCUT2D eigenvalue weighted by molar-refractivity contribution is 5.78. The monoisotopic (exact) mass is 311 g/mol. The van der Waals surface area contributed by atoms with Gasteiger partial charge in [-0.3, -0.25) is 14.3 Å². The summed E-state index contributed by atoms with van der Waals surface area (Å²) < 4.78 is 7.30. The Morgan fingerprint density at radius 1 is 1.36 bits per heavy atom. The molecule has 0 saturated carbocycles. The molecule has 0 aliphatic heterocycles. The number of amides is 1. The molecular weight excluding hydrogens is 286 g/mol. The number of nitrogens with zero attached hydrogens (tertiary/aromatic N) is 3. The van der Waals surface area contributed by atoms with Crippen molar-refractivity contribution in [2.24, 2.45) is 13.0 Å². The van der Waals surface area contributed by atoms with Gasteiger partial charge in [-0.15, -0.1) is 0 Å². The molecule has 1 amide bonds. The molecule has 0 spiro atoms. The van der Waals surface area contributed by atoms with Crippen LogP contribution in [0, 0.1) is 19.8 Å². The topological polar surface area (TPSA) is 84.7 Å². The highest BCUT2D eigenvalue weighted by Gasteiger charge is 2.18. The molecule has 0 aliphatic rings. The van der Waals surface area contributed by atoms with Gasteiger partial charge in [-0.1, -0.05) is 13.8 Å². The lowest BCUT2D eigenvalue weighted by molar-refractivity contribution is -0.139. The van der Waals surface area contributed by atoms with Crippen LogP contribution in [-0.2, 0) is 16.6 Å². The van der Waals surface area contributed by atoms with Crippen LogP contribution >= 0.6 is 0 Å². The summed E-state index contributed by atoms with van der Waals surface area (Å²) in [6, 6.07) is 0. The Morgan fingerprint density at radius 2 is 2.00 bits per heavy atom. The highest BCUT2D eigenvalue weighted by Crippen LogP contribution is 2.21. The van der Waals surface area contributed by atoms with Crippen LogP contribution in [-0.4, -0.2) is 51.4 Å². The smallest absolute Gasteiger partial charge is 0.305 e. The van der Waals surface area contributed by atoms with Gasteiger partial charge >= 0.3 is 5.97 Å². The fourth-order valence-corrected chi connectivity index (χ4v) is 2.18. The number of aromatic nitrogens is 2. The summed E-state index contributed by atoms with van der Waals surface area (Å²) in [5.41, 5.74) is 1.58. The minimum absolute atomic E-state index is 0.0661. The van der Waals surface area contributed by atoms with Crippen molar-refractivity contribution in [1.82, 2.24) is 14.7 Å². The van der Waals surface area contributed by atoms with Gasteiger partial charge in [0.25, 0.3) is 5.91 Å². The number of aryl methyl sites for hydroxylation is 2. The first-order chi connectivity index (χ1) is 10.2. The van der Waals surface area contributed by atoms with Crippen molar-refractivity contribution in [3.8, 4) is 5.75 Å².